The van der Waals surface area contributed by atoms with Gasteiger partial charge in [-0.15, -0.1) is 0 Å². The van der Waals surface area contributed by atoms with Crippen LogP contribution in [0.2, 0.25) is 0 Å². The molecule has 0 unspecified atom stereocenters. The van der Waals surface area contributed by atoms with Crippen molar-refractivity contribution in [2.24, 2.45) is 0 Å². The van der Waals surface area contributed by atoms with Gasteiger partial charge in [-0.2, -0.15) is 0 Å². The molecule has 2 aliphatic heterocycles. The van der Waals surface area contributed by atoms with Gasteiger partial charge < -0.3 is 15.1 Å². The maximum absolute atomic E-state index is 12.3. The lowest BCUT2D eigenvalue weighted by Gasteiger charge is -2.22. The highest BCUT2D eigenvalue weighted by Crippen LogP contribution is 2.23. The van der Waals surface area contributed by atoms with Crippen molar-refractivity contribution >= 4 is 23.2 Å². The van der Waals surface area contributed by atoms with E-state index in [0.717, 1.165) is 50.3 Å². The van der Waals surface area contributed by atoms with E-state index in [2.05, 4.69) is 5.32 Å². The largest absolute Gasteiger partial charge is 0.374 e. The molecule has 1 atom stereocenters. The van der Waals surface area contributed by atoms with E-state index in [1.54, 1.807) is 0 Å². The van der Waals surface area contributed by atoms with Gasteiger partial charge in [-0.05, 0) is 50.5 Å². The van der Waals surface area contributed by atoms with E-state index in [9.17, 15) is 9.59 Å². The smallest absolute Gasteiger partial charge is 0.244 e. The third kappa shape index (κ3) is 3.08. The highest BCUT2D eigenvalue weighted by atomic mass is 16.2. The van der Waals surface area contributed by atoms with Gasteiger partial charge in [-0.3, -0.25) is 9.59 Å². The van der Waals surface area contributed by atoms with Gasteiger partial charge in [0.1, 0.15) is 6.04 Å². The Balaban J connectivity index is 1.60. The van der Waals surface area contributed by atoms with E-state index in [1.807, 2.05) is 41.0 Å². The molecule has 1 N–H and O–H groups in total. The lowest BCUT2D eigenvalue weighted by molar-refractivity contribution is -0.130. The summed E-state index contributed by atoms with van der Waals surface area (Å²) in [5.74, 6) is 0.356. The number of anilines is 2. The molecule has 22 heavy (non-hydrogen) atoms. The zero-order chi connectivity index (χ0) is 15.5. The quantitative estimate of drug-likeness (QED) is 0.928. The number of hydrogen-bond donors (Lipinski definition) is 1. The molecule has 3 rings (SSSR count). The van der Waals surface area contributed by atoms with Crippen molar-refractivity contribution in [1.82, 2.24) is 4.90 Å². The number of nitrogens with one attached hydrogen (secondary N) is 1. The number of likely N-dealkylation sites (tertiary alicyclic amines) is 1. The van der Waals surface area contributed by atoms with Crippen LogP contribution in [0.4, 0.5) is 11.4 Å². The third-order valence-corrected chi connectivity index (χ3v) is 4.42. The molecule has 0 aromatic heterocycles. The zero-order valence-electron chi connectivity index (χ0n) is 13.0. The highest BCUT2D eigenvalue weighted by molar-refractivity contribution is 5.95. The van der Waals surface area contributed by atoms with Crippen molar-refractivity contribution in [3.8, 4) is 0 Å². The van der Waals surface area contributed by atoms with Gasteiger partial charge in [0.05, 0.1) is 0 Å². The first-order chi connectivity index (χ1) is 10.6. The first-order valence-electron chi connectivity index (χ1n) is 8.11. The van der Waals surface area contributed by atoms with Gasteiger partial charge in [-0.1, -0.05) is 0 Å². The fourth-order valence-corrected chi connectivity index (χ4v) is 3.18. The van der Waals surface area contributed by atoms with E-state index < -0.39 is 0 Å². The molecule has 1 aromatic rings. The number of nitrogens with zero attached hydrogens (tertiary/aromatic N) is 2. The van der Waals surface area contributed by atoms with Gasteiger partial charge in [0.2, 0.25) is 11.8 Å². The van der Waals surface area contributed by atoms with Gasteiger partial charge >= 0.3 is 0 Å². The normalized spacial score (nSPS) is 19.6. The van der Waals surface area contributed by atoms with Crippen LogP contribution < -0.4 is 10.2 Å². The van der Waals surface area contributed by atoms with Gasteiger partial charge in [0.15, 0.2) is 0 Å². The molecule has 0 saturated carbocycles. The number of rotatable bonds is 4. The number of amides is 2. The van der Waals surface area contributed by atoms with Crippen LogP contribution >= 0.6 is 0 Å². The topological polar surface area (TPSA) is 52.7 Å². The molecule has 1 aromatic carbocycles. The summed E-state index contributed by atoms with van der Waals surface area (Å²) < 4.78 is 0. The van der Waals surface area contributed by atoms with Crippen LogP contribution in [0.3, 0.4) is 0 Å². The van der Waals surface area contributed by atoms with E-state index in [-0.39, 0.29) is 17.9 Å². The minimum absolute atomic E-state index is 0.163. The van der Waals surface area contributed by atoms with Crippen molar-refractivity contribution in [2.75, 3.05) is 29.9 Å². The molecule has 118 valence electrons. The minimum Gasteiger partial charge on any atom is -0.374 e. The molecule has 2 heterocycles. The van der Waals surface area contributed by atoms with Crippen molar-refractivity contribution in [2.45, 2.75) is 38.6 Å². The Morgan fingerprint density at radius 3 is 2.36 bits per heavy atom. The van der Waals surface area contributed by atoms with Crippen LogP contribution in [0.25, 0.3) is 0 Å². The lowest BCUT2D eigenvalue weighted by Crippen LogP contribution is -2.39. The first-order valence-corrected chi connectivity index (χ1v) is 8.11. The van der Waals surface area contributed by atoms with E-state index in [4.69, 9.17) is 0 Å². The van der Waals surface area contributed by atoms with Gasteiger partial charge in [-0.25, -0.2) is 0 Å². The van der Waals surface area contributed by atoms with E-state index in [0.29, 0.717) is 6.42 Å². The van der Waals surface area contributed by atoms with Crippen LogP contribution in [0.5, 0.6) is 0 Å². The molecule has 0 spiro atoms. The Morgan fingerprint density at radius 1 is 1.09 bits per heavy atom. The minimum atomic E-state index is -0.225. The molecule has 0 bridgehead atoms. The van der Waals surface area contributed by atoms with Crippen LogP contribution in [-0.4, -0.2) is 42.4 Å². The Bertz CT molecular complexity index is 550. The Hall–Kier alpha value is -2.04. The van der Waals surface area contributed by atoms with E-state index in [1.165, 1.54) is 0 Å². The summed E-state index contributed by atoms with van der Waals surface area (Å²) in [6, 6.07) is 7.54. The van der Waals surface area contributed by atoms with Crippen LogP contribution in [0, 0.1) is 0 Å². The molecule has 5 heteroatoms. The summed E-state index contributed by atoms with van der Waals surface area (Å²) in [7, 11) is 0. The van der Waals surface area contributed by atoms with Crippen molar-refractivity contribution in [1.29, 1.82) is 0 Å². The average Bonchev–Trinajstić information content (AvgIpc) is 3.19. The molecule has 2 fully saturated rings. The van der Waals surface area contributed by atoms with Crippen molar-refractivity contribution < 1.29 is 9.59 Å². The monoisotopic (exact) mass is 301 g/mol. The van der Waals surface area contributed by atoms with Crippen molar-refractivity contribution in [3.63, 3.8) is 0 Å². The van der Waals surface area contributed by atoms with Crippen LogP contribution in [0.1, 0.15) is 32.6 Å². The number of carbonyl (C=O) groups excluding carboxylic acids is 2. The van der Waals surface area contributed by atoms with Gasteiger partial charge in [0, 0.05) is 37.4 Å². The summed E-state index contributed by atoms with van der Waals surface area (Å²) in [5, 5.41) is 3.25. The number of carbonyl (C=O) groups is 2. The fourth-order valence-electron chi connectivity index (χ4n) is 3.18. The number of hydrogen-bond acceptors (Lipinski definition) is 3. The summed E-state index contributed by atoms with van der Waals surface area (Å²) in [5.41, 5.74) is 1.85. The van der Waals surface area contributed by atoms with Gasteiger partial charge in [0.25, 0.3) is 0 Å². The SMILES string of the molecule is C[C@H](Nc1ccc(N2CCCC2=O)cc1)C(=O)N1CCCC1. The molecule has 5 nitrogen and oxygen atoms in total. The molecular formula is C17H23N3O2. The maximum Gasteiger partial charge on any atom is 0.244 e. The fraction of sp³-hybridized carbons (Fsp3) is 0.529. The zero-order valence-corrected chi connectivity index (χ0v) is 13.0. The Kier molecular flexibility index (Phi) is 4.32. The molecule has 2 saturated heterocycles. The molecule has 2 aliphatic rings. The summed E-state index contributed by atoms with van der Waals surface area (Å²) in [4.78, 5) is 27.8. The first kappa shape index (κ1) is 14.9. The summed E-state index contributed by atoms with van der Waals surface area (Å²) in [6.45, 7) is 4.45. The second-order valence-corrected chi connectivity index (χ2v) is 6.09. The predicted molar refractivity (Wildman–Crippen MR) is 86.9 cm³/mol. The second-order valence-electron chi connectivity index (χ2n) is 6.09. The number of benzene rings is 1. The molecule has 0 radical (unpaired) electrons. The van der Waals surface area contributed by atoms with E-state index >= 15 is 0 Å². The average molecular weight is 301 g/mol. The maximum atomic E-state index is 12.3. The highest BCUT2D eigenvalue weighted by Gasteiger charge is 2.24. The second kappa shape index (κ2) is 6.38. The Morgan fingerprint density at radius 2 is 1.77 bits per heavy atom. The summed E-state index contributed by atoms with van der Waals surface area (Å²) >= 11 is 0. The van der Waals surface area contributed by atoms with Crippen LogP contribution in [-0.2, 0) is 9.59 Å². The standard InChI is InChI=1S/C17H23N3O2/c1-13(17(22)19-10-2-3-11-19)18-14-6-8-15(9-7-14)20-12-4-5-16(20)21/h6-9,13,18H,2-5,10-12H2,1H3/t13-/m0/s1. The molecular weight excluding hydrogens is 278 g/mol. The molecule has 2 amide bonds. The van der Waals surface area contributed by atoms with Crippen LogP contribution in [0.15, 0.2) is 24.3 Å². The molecule has 0 aliphatic carbocycles. The predicted octanol–water partition coefficient (Wildman–Crippen LogP) is 2.24. The van der Waals surface area contributed by atoms with Crippen molar-refractivity contribution in [3.05, 3.63) is 24.3 Å². The summed E-state index contributed by atoms with van der Waals surface area (Å²) in [6.07, 6.45) is 3.79. The third-order valence-electron chi connectivity index (χ3n) is 4.42. The lowest BCUT2D eigenvalue weighted by atomic mass is 10.2. The Labute approximate surface area is 131 Å².